The molecule has 1 heterocycles. The van der Waals surface area contributed by atoms with Gasteiger partial charge >= 0.3 is 0 Å². The topological polar surface area (TPSA) is 72.2 Å². The van der Waals surface area contributed by atoms with Crippen molar-refractivity contribution in [2.45, 2.75) is 13.3 Å². The van der Waals surface area contributed by atoms with Crippen molar-refractivity contribution in [1.29, 1.82) is 0 Å². The summed E-state index contributed by atoms with van der Waals surface area (Å²) in [6.07, 6.45) is 0.649. The molecule has 2 aromatic carbocycles. The number of carbonyl (C=O) groups is 2. The maximum atomic E-state index is 12.6. The van der Waals surface area contributed by atoms with Gasteiger partial charge < -0.3 is 11.1 Å². The van der Waals surface area contributed by atoms with Gasteiger partial charge in [0.2, 0.25) is 0 Å². The molecule has 3 rings (SSSR count). The first-order valence-electron chi connectivity index (χ1n) is 8.08. The normalized spacial score (nSPS) is 10.6. The van der Waals surface area contributed by atoms with E-state index >= 15 is 0 Å². The highest BCUT2D eigenvalue weighted by Crippen LogP contribution is 2.35. The number of hydrogen-bond donors (Lipinski definition) is 2. The molecule has 0 aliphatic rings. The lowest BCUT2D eigenvalue weighted by Gasteiger charge is -2.06. The number of carbonyl (C=O) groups excluding carboxylic acids is 2. The number of primary amides is 1. The Bertz CT molecular complexity index is 996. The molecule has 1 aromatic heterocycles. The maximum absolute atomic E-state index is 12.6. The van der Waals surface area contributed by atoms with Crippen LogP contribution in [0.1, 0.15) is 36.7 Å². The summed E-state index contributed by atoms with van der Waals surface area (Å²) in [6.45, 7) is 1.83. The van der Waals surface area contributed by atoms with Gasteiger partial charge in [-0.3, -0.25) is 9.59 Å². The van der Waals surface area contributed by atoms with Crippen LogP contribution >= 0.6 is 34.5 Å². The molecule has 0 saturated heterocycles. The second-order valence-electron chi connectivity index (χ2n) is 5.99. The van der Waals surface area contributed by atoms with Gasteiger partial charge in [0.1, 0.15) is 5.00 Å². The van der Waals surface area contributed by atoms with Crippen LogP contribution in [0.2, 0.25) is 10.0 Å². The molecule has 3 aromatic rings. The Morgan fingerprint density at radius 2 is 1.70 bits per heavy atom. The van der Waals surface area contributed by atoms with Crippen LogP contribution in [0.4, 0.5) is 5.00 Å². The van der Waals surface area contributed by atoms with E-state index in [1.54, 1.807) is 6.07 Å². The quantitative estimate of drug-likeness (QED) is 0.589. The van der Waals surface area contributed by atoms with Gasteiger partial charge in [-0.15, -0.1) is 11.3 Å². The molecule has 7 heteroatoms. The molecule has 0 unspecified atom stereocenters. The van der Waals surface area contributed by atoms with E-state index in [4.69, 9.17) is 28.9 Å². The number of anilines is 1. The van der Waals surface area contributed by atoms with Gasteiger partial charge in [-0.05, 0) is 36.2 Å². The van der Waals surface area contributed by atoms with Crippen molar-refractivity contribution in [2.24, 2.45) is 5.73 Å². The highest BCUT2D eigenvalue weighted by Gasteiger charge is 2.21. The lowest BCUT2D eigenvalue weighted by Crippen LogP contribution is -2.17. The van der Waals surface area contributed by atoms with Gasteiger partial charge in [-0.25, -0.2) is 0 Å². The predicted molar refractivity (Wildman–Crippen MR) is 111 cm³/mol. The van der Waals surface area contributed by atoms with Crippen molar-refractivity contribution in [3.05, 3.63) is 85.7 Å². The summed E-state index contributed by atoms with van der Waals surface area (Å²) in [5.74, 6) is -0.989. The number of nitrogens with one attached hydrogen (secondary N) is 1. The first kappa shape index (κ1) is 19.4. The Balaban J connectivity index is 1.93. The monoisotopic (exact) mass is 418 g/mol. The SMILES string of the molecule is Cc1c(Cc2ccccc2)sc(NC(=O)c2cc(Cl)cc(Cl)c2)c1C(N)=O. The standard InChI is InChI=1S/C20H16Cl2N2O2S/c1-11-16(7-12-5-3-2-4-6-12)27-20(17(11)18(23)25)24-19(26)13-8-14(21)10-15(22)9-13/h2-6,8-10H,7H2,1H3,(H2,23,25)(H,24,26). The number of amides is 2. The zero-order valence-corrected chi connectivity index (χ0v) is 16.7. The molecule has 3 N–H and O–H groups in total. The summed E-state index contributed by atoms with van der Waals surface area (Å²) >= 11 is 13.3. The van der Waals surface area contributed by atoms with Crippen LogP contribution in [0.3, 0.4) is 0 Å². The molecular weight excluding hydrogens is 403 g/mol. The van der Waals surface area contributed by atoms with Crippen LogP contribution in [-0.2, 0) is 6.42 Å². The fourth-order valence-electron chi connectivity index (χ4n) is 2.76. The van der Waals surface area contributed by atoms with Crippen LogP contribution in [0.25, 0.3) is 0 Å². The van der Waals surface area contributed by atoms with E-state index in [2.05, 4.69) is 5.32 Å². The third-order valence-corrected chi connectivity index (χ3v) is 5.69. The number of thiophene rings is 1. The third kappa shape index (κ3) is 4.50. The summed E-state index contributed by atoms with van der Waals surface area (Å²) in [7, 11) is 0. The van der Waals surface area contributed by atoms with Gasteiger partial charge in [-0.1, -0.05) is 53.5 Å². The van der Waals surface area contributed by atoms with Gasteiger partial charge in [-0.2, -0.15) is 0 Å². The summed E-state index contributed by atoms with van der Waals surface area (Å²) in [5.41, 5.74) is 8.07. The first-order valence-corrected chi connectivity index (χ1v) is 9.66. The van der Waals surface area contributed by atoms with Gasteiger partial charge in [0.15, 0.2) is 0 Å². The zero-order valence-electron chi connectivity index (χ0n) is 14.4. The maximum Gasteiger partial charge on any atom is 0.256 e. The molecule has 0 saturated carbocycles. The first-order chi connectivity index (χ1) is 12.8. The average molecular weight is 419 g/mol. The van der Waals surface area contributed by atoms with E-state index < -0.39 is 11.8 Å². The van der Waals surface area contributed by atoms with E-state index in [1.807, 2.05) is 37.3 Å². The van der Waals surface area contributed by atoms with Crippen LogP contribution in [0.5, 0.6) is 0 Å². The lowest BCUT2D eigenvalue weighted by atomic mass is 10.1. The second kappa shape index (κ2) is 8.13. The molecule has 0 spiro atoms. The van der Waals surface area contributed by atoms with Crippen molar-refractivity contribution in [3.63, 3.8) is 0 Å². The number of hydrogen-bond acceptors (Lipinski definition) is 3. The smallest absolute Gasteiger partial charge is 0.256 e. The molecule has 0 atom stereocenters. The average Bonchev–Trinajstić information content (AvgIpc) is 2.90. The molecule has 0 fully saturated rings. The third-order valence-electron chi connectivity index (χ3n) is 4.05. The van der Waals surface area contributed by atoms with Crippen molar-refractivity contribution in [2.75, 3.05) is 5.32 Å². The molecule has 27 heavy (non-hydrogen) atoms. The molecule has 0 aliphatic heterocycles. The summed E-state index contributed by atoms with van der Waals surface area (Å²) in [5, 5.41) is 3.91. The summed E-state index contributed by atoms with van der Waals surface area (Å²) in [6, 6.07) is 14.4. The van der Waals surface area contributed by atoms with Crippen LogP contribution in [0, 0.1) is 6.92 Å². The van der Waals surface area contributed by atoms with Gasteiger partial charge in [0.05, 0.1) is 5.56 Å². The van der Waals surface area contributed by atoms with E-state index in [9.17, 15) is 9.59 Å². The number of nitrogens with two attached hydrogens (primary N) is 1. The molecule has 0 aliphatic carbocycles. The van der Waals surface area contributed by atoms with E-state index in [0.717, 1.165) is 16.0 Å². The highest BCUT2D eigenvalue weighted by molar-refractivity contribution is 7.17. The molecular formula is C20H16Cl2N2O2S. The fourth-order valence-corrected chi connectivity index (χ4v) is 4.52. The molecule has 138 valence electrons. The van der Waals surface area contributed by atoms with Crippen molar-refractivity contribution in [1.82, 2.24) is 0 Å². The van der Waals surface area contributed by atoms with Crippen LogP contribution in [-0.4, -0.2) is 11.8 Å². The predicted octanol–water partition coefficient (Wildman–Crippen LogP) is 5.31. The molecule has 2 amide bonds. The number of benzene rings is 2. The Morgan fingerprint density at radius 1 is 1.07 bits per heavy atom. The molecule has 4 nitrogen and oxygen atoms in total. The fraction of sp³-hybridized carbons (Fsp3) is 0.100. The second-order valence-corrected chi connectivity index (χ2v) is 7.97. The van der Waals surface area contributed by atoms with E-state index in [-0.39, 0.29) is 0 Å². The Labute approximate surface area is 170 Å². The summed E-state index contributed by atoms with van der Waals surface area (Å²) < 4.78 is 0. The minimum absolute atomic E-state index is 0.304. The lowest BCUT2D eigenvalue weighted by molar-refractivity contribution is 0.100. The van der Waals surface area contributed by atoms with Crippen molar-refractivity contribution < 1.29 is 9.59 Å². The number of halogens is 2. The van der Waals surface area contributed by atoms with Crippen molar-refractivity contribution in [3.8, 4) is 0 Å². The zero-order chi connectivity index (χ0) is 19.6. The Kier molecular flexibility index (Phi) is 5.85. The Hall–Kier alpha value is -2.34. The minimum Gasteiger partial charge on any atom is -0.365 e. The van der Waals surface area contributed by atoms with E-state index in [0.29, 0.717) is 32.6 Å². The van der Waals surface area contributed by atoms with Crippen LogP contribution in [0.15, 0.2) is 48.5 Å². The summed E-state index contributed by atoms with van der Waals surface area (Å²) in [4.78, 5) is 25.5. The van der Waals surface area contributed by atoms with Crippen molar-refractivity contribution >= 4 is 51.4 Å². The van der Waals surface area contributed by atoms with Gasteiger partial charge in [0.25, 0.3) is 11.8 Å². The largest absolute Gasteiger partial charge is 0.365 e. The van der Waals surface area contributed by atoms with Crippen LogP contribution < -0.4 is 11.1 Å². The highest BCUT2D eigenvalue weighted by atomic mass is 35.5. The Morgan fingerprint density at radius 3 is 2.30 bits per heavy atom. The molecule has 0 radical (unpaired) electrons. The molecule has 0 bridgehead atoms. The van der Waals surface area contributed by atoms with E-state index in [1.165, 1.54) is 23.5 Å². The minimum atomic E-state index is -0.581. The number of rotatable bonds is 5. The van der Waals surface area contributed by atoms with Gasteiger partial charge in [0, 0.05) is 26.9 Å².